The first kappa shape index (κ1) is 21.6. The van der Waals surface area contributed by atoms with Crippen molar-refractivity contribution in [3.8, 4) is 0 Å². The summed E-state index contributed by atoms with van der Waals surface area (Å²) in [5.74, 6) is 0.136. The van der Waals surface area contributed by atoms with Crippen LogP contribution in [0.1, 0.15) is 51.3 Å². The van der Waals surface area contributed by atoms with Gasteiger partial charge in [-0.3, -0.25) is 4.79 Å². The zero-order chi connectivity index (χ0) is 20.9. The number of carbonyl (C=O) groups excluding carboxylic acids is 1. The highest BCUT2D eigenvalue weighted by molar-refractivity contribution is 7.19. The molecular formula is C23H24Cl2OS2. The number of hydrogen-bond donors (Lipinski definition) is 0. The van der Waals surface area contributed by atoms with E-state index in [0.717, 1.165) is 40.7 Å². The fourth-order valence-electron chi connectivity index (χ4n) is 3.19. The third-order valence-corrected chi connectivity index (χ3v) is 7.13. The lowest BCUT2D eigenvalue weighted by Crippen LogP contribution is -2.28. The van der Waals surface area contributed by atoms with E-state index in [2.05, 4.69) is 41.5 Å². The Labute approximate surface area is 185 Å². The average molecular weight is 451 g/mol. The topological polar surface area (TPSA) is 17.1 Å². The number of carbonyl (C=O) groups is 1. The van der Waals surface area contributed by atoms with Crippen LogP contribution in [-0.4, -0.2) is 5.78 Å². The van der Waals surface area contributed by atoms with Gasteiger partial charge in [-0.1, -0.05) is 64.7 Å². The standard InChI is InChI=1S/C23H24Cl2OS2/c1-22(2,3)14-11-13(12-15(21(14)26)23(4,5)6)20(16-7-9-18(24)27-16)17-8-10-19(25)28-17/h7-12H,1-6H3. The van der Waals surface area contributed by atoms with Crippen LogP contribution in [0.25, 0.3) is 5.57 Å². The normalized spacial score (nSPS) is 15.6. The van der Waals surface area contributed by atoms with E-state index in [0.29, 0.717) is 0 Å². The van der Waals surface area contributed by atoms with Gasteiger partial charge in [-0.05, 0) is 52.8 Å². The number of rotatable bonds is 2. The highest BCUT2D eigenvalue weighted by Crippen LogP contribution is 2.44. The average Bonchev–Trinajstić information content (AvgIpc) is 3.16. The van der Waals surface area contributed by atoms with Crippen LogP contribution in [0.3, 0.4) is 0 Å². The second-order valence-corrected chi connectivity index (χ2v) is 12.4. The number of Topliss-reactive ketones (excluding diaryl/α,β-unsaturated/α-hetero) is 1. The Morgan fingerprint density at radius 3 is 1.43 bits per heavy atom. The number of allylic oxidation sites excluding steroid dienone is 5. The fraction of sp³-hybridized carbons (Fsp3) is 0.348. The van der Waals surface area contributed by atoms with Crippen molar-refractivity contribution in [3.63, 3.8) is 0 Å². The van der Waals surface area contributed by atoms with Gasteiger partial charge in [-0.2, -0.15) is 0 Å². The molecule has 5 heteroatoms. The molecule has 1 aliphatic rings. The summed E-state index contributed by atoms with van der Waals surface area (Å²) in [6.45, 7) is 12.5. The van der Waals surface area contributed by atoms with Crippen LogP contribution in [0, 0.1) is 10.8 Å². The SMILES string of the molecule is CC(C)(C)C1=CC(=C(c2ccc(Cl)s2)c2ccc(Cl)s2)C=C(C(C)(C)C)C1=O. The molecule has 3 rings (SSSR count). The van der Waals surface area contributed by atoms with Gasteiger partial charge < -0.3 is 0 Å². The molecule has 0 unspecified atom stereocenters. The van der Waals surface area contributed by atoms with Crippen molar-refractivity contribution < 1.29 is 4.79 Å². The number of ketones is 1. The van der Waals surface area contributed by atoms with E-state index in [1.165, 1.54) is 22.7 Å². The number of halogens is 2. The number of hydrogen-bond acceptors (Lipinski definition) is 3. The summed E-state index contributed by atoms with van der Waals surface area (Å²) in [7, 11) is 0. The van der Waals surface area contributed by atoms with Gasteiger partial charge in [0.1, 0.15) is 0 Å². The summed E-state index contributed by atoms with van der Waals surface area (Å²) >= 11 is 15.6. The minimum absolute atomic E-state index is 0.136. The molecule has 2 aromatic rings. The first-order valence-corrected chi connectivity index (χ1v) is 11.5. The molecule has 0 aromatic carbocycles. The van der Waals surface area contributed by atoms with Crippen LogP contribution < -0.4 is 0 Å². The first-order valence-electron chi connectivity index (χ1n) is 9.12. The van der Waals surface area contributed by atoms with E-state index in [4.69, 9.17) is 23.2 Å². The van der Waals surface area contributed by atoms with E-state index >= 15 is 0 Å². The summed E-state index contributed by atoms with van der Waals surface area (Å²) in [5.41, 5.74) is 3.27. The second kappa shape index (κ2) is 7.60. The van der Waals surface area contributed by atoms with E-state index in [1.54, 1.807) is 0 Å². The largest absolute Gasteiger partial charge is 0.289 e. The lowest BCUT2D eigenvalue weighted by Gasteiger charge is -2.32. The van der Waals surface area contributed by atoms with Gasteiger partial charge in [-0.15, -0.1) is 22.7 Å². The van der Waals surface area contributed by atoms with E-state index < -0.39 is 0 Å². The van der Waals surface area contributed by atoms with E-state index in [9.17, 15) is 4.79 Å². The quantitative estimate of drug-likeness (QED) is 0.448. The van der Waals surface area contributed by atoms with Gasteiger partial charge in [0.2, 0.25) is 0 Å². The summed E-state index contributed by atoms with van der Waals surface area (Å²) < 4.78 is 1.48. The summed E-state index contributed by atoms with van der Waals surface area (Å²) in [5, 5.41) is 0. The molecule has 0 bridgehead atoms. The van der Waals surface area contributed by atoms with Crippen LogP contribution in [0.2, 0.25) is 8.67 Å². The Hall–Kier alpha value is -1.13. The lowest BCUT2D eigenvalue weighted by molar-refractivity contribution is -0.114. The Morgan fingerprint density at radius 1 is 0.750 bits per heavy atom. The highest BCUT2D eigenvalue weighted by Gasteiger charge is 2.35. The maximum absolute atomic E-state index is 13.3. The first-order chi connectivity index (χ1) is 12.9. The molecule has 28 heavy (non-hydrogen) atoms. The van der Waals surface area contributed by atoms with Gasteiger partial charge in [0.15, 0.2) is 5.78 Å². The van der Waals surface area contributed by atoms with Crippen LogP contribution in [0.5, 0.6) is 0 Å². The van der Waals surface area contributed by atoms with Crippen LogP contribution in [0.4, 0.5) is 0 Å². The third kappa shape index (κ3) is 4.38. The summed E-state index contributed by atoms with van der Waals surface area (Å²) in [6.07, 6.45) is 4.10. The zero-order valence-corrected chi connectivity index (χ0v) is 20.1. The summed E-state index contributed by atoms with van der Waals surface area (Å²) in [6, 6.07) is 7.89. The number of thiophene rings is 2. The molecule has 2 heterocycles. The van der Waals surface area contributed by atoms with Gasteiger partial charge in [0, 0.05) is 26.5 Å². The molecule has 1 aliphatic carbocycles. The van der Waals surface area contributed by atoms with Crippen molar-refractivity contribution in [2.45, 2.75) is 41.5 Å². The molecule has 0 atom stereocenters. The van der Waals surface area contributed by atoms with E-state index in [1.807, 2.05) is 36.4 Å². The fourth-order valence-corrected chi connectivity index (χ4v) is 5.50. The lowest BCUT2D eigenvalue weighted by atomic mass is 9.71. The van der Waals surface area contributed by atoms with Crippen molar-refractivity contribution in [1.82, 2.24) is 0 Å². The molecule has 0 saturated heterocycles. The van der Waals surface area contributed by atoms with Crippen LogP contribution in [0.15, 0.2) is 53.1 Å². The minimum Gasteiger partial charge on any atom is -0.289 e. The van der Waals surface area contributed by atoms with Gasteiger partial charge >= 0.3 is 0 Å². The molecular weight excluding hydrogens is 427 g/mol. The van der Waals surface area contributed by atoms with Gasteiger partial charge in [-0.25, -0.2) is 0 Å². The van der Waals surface area contributed by atoms with Crippen molar-refractivity contribution in [3.05, 3.63) is 71.6 Å². The maximum Gasteiger partial charge on any atom is 0.186 e. The van der Waals surface area contributed by atoms with Crippen LogP contribution in [-0.2, 0) is 4.79 Å². The molecule has 0 aliphatic heterocycles. The van der Waals surface area contributed by atoms with Gasteiger partial charge in [0.25, 0.3) is 0 Å². The van der Waals surface area contributed by atoms with Crippen molar-refractivity contribution in [2.75, 3.05) is 0 Å². The Morgan fingerprint density at radius 2 is 1.14 bits per heavy atom. The minimum atomic E-state index is -0.252. The van der Waals surface area contributed by atoms with Crippen molar-refractivity contribution >= 4 is 57.2 Å². The van der Waals surface area contributed by atoms with E-state index in [-0.39, 0.29) is 16.6 Å². The molecule has 0 radical (unpaired) electrons. The van der Waals surface area contributed by atoms with Gasteiger partial charge in [0.05, 0.1) is 8.67 Å². The molecule has 1 nitrogen and oxygen atoms in total. The molecule has 0 spiro atoms. The monoisotopic (exact) mass is 450 g/mol. The summed E-state index contributed by atoms with van der Waals surface area (Å²) in [4.78, 5) is 15.4. The Kier molecular flexibility index (Phi) is 5.86. The molecule has 0 saturated carbocycles. The Bertz CT molecular complexity index is 939. The maximum atomic E-state index is 13.3. The second-order valence-electron chi connectivity index (χ2n) is 8.98. The predicted molar refractivity (Wildman–Crippen MR) is 125 cm³/mol. The smallest absolute Gasteiger partial charge is 0.186 e. The third-order valence-electron chi connectivity index (χ3n) is 4.63. The highest BCUT2D eigenvalue weighted by atomic mass is 35.5. The molecule has 148 valence electrons. The zero-order valence-electron chi connectivity index (χ0n) is 16.9. The molecule has 0 amide bonds. The molecule has 0 fully saturated rings. The predicted octanol–water partition coefficient (Wildman–Crippen LogP) is 8.45. The van der Waals surface area contributed by atoms with Crippen molar-refractivity contribution in [2.24, 2.45) is 10.8 Å². The molecule has 0 N–H and O–H groups in total. The van der Waals surface area contributed by atoms with Crippen molar-refractivity contribution in [1.29, 1.82) is 0 Å². The Balaban J connectivity index is 2.37. The van der Waals surface area contributed by atoms with Crippen LogP contribution >= 0.6 is 45.9 Å². The molecule has 2 aromatic heterocycles.